The van der Waals surface area contributed by atoms with E-state index >= 15 is 0 Å². The number of rotatable bonds is 6. The first-order valence-electron chi connectivity index (χ1n) is 7.37. The summed E-state index contributed by atoms with van der Waals surface area (Å²) in [6.07, 6.45) is 1.24. The molecule has 2 aromatic carbocycles. The number of ether oxygens (including phenoxy) is 2. The number of phenolic OH excluding ortho intramolecular Hbond substituents is 1. The number of amides is 1. The fourth-order valence-electron chi connectivity index (χ4n) is 2.05. The van der Waals surface area contributed by atoms with Crippen molar-refractivity contribution >= 4 is 28.9 Å². The first-order chi connectivity index (χ1) is 12.5. The molecule has 0 aliphatic carbocycles. The van der Waals surface area contributed by atoms with Gasteiger partial charge in [-0.1, -0.05) is 17.7 Å². The molecule has 0 aliphatic heterocycles. The maximum Gasteiger partial charge on any atom is 0.267 e. The minimum absolute atomic E-state index is 0.00130. The van der Waals surface area contributed by atoms with Crippen molar-refractivity contribution in [2.45, 2.75) is 0 Å². The highest BCUT2D eigenvalue weighted by Crippen LogP contribution is 2.35. The Kier molecular flexibility index (Phi) is 6.31. The molecule has 0 bridgehead atoms. The van der Waals surface area contributed by atoms with Crippen molar-refractivity contribution in [1.82, 2.24) is 0 Å². The van der Waals surface area contributed by atoms with Gasteiger partial charge in [-0.05, 0) is 12.1 Å². The lowest BCUT2D eigenvalue weighted by atomic mass is 10.2. The molecule has 1 amide bonds. The smallest absolute Gasteiger partial charge is 0.267 e. The van der Waals surface area contributed by atoms with Gasteiger partial charge < -0.3 is 25.2 Å². The van der Waals surface area contributed by atoms with Crippen LogP contribution in [0.1, 0.15) is 0 Å². The number of hydrogen-bond donors (Lipinski definition) is 3. The van der Waals surface area contributed by atoms with Crippen LogP contribution in [0.2, 0.25) is 5.02 Å². The molecule has 0 atom stereocenters. The number of benzene rings is 2. The minimum atomic E-state index is -0.634. The summed E-state index contributed by atoms with van der Waals surface area (Å²) in [6, 6.07) is 10.9. The second-order valence-electron chi connectivity index (χ2n) is 5.01. The van der Waals surface area contributed by atoms with E-state index in [1.165, 1.54) is 32.6 Å². The molecule has 134 valence electrons. The maximum absolute atomic E-state index is 12.2. The highest BCUT2D eigenvalue weighted by atomic mass is 35.5. The Morgan fingerprint density at radius 3 is 2.58 bits per heavy atom. The van der Waals surface area contributed by atoms with Gasteiger partial charge in [-0.15, -0.1) is 0 Å². The van der Waals surface area contributed by atoms with Gasteiger partial charge >= 0.3 is 0 Å². The Hall–Kier alpha value is -3.37. The van der Waals surface area contributed by atoms with Crippen molar-refractivity contribution in [3.8, 4) is 23.3 Å². The molecule has 0 aromatic heterocycles. The van der Waals surface area contributed by atoms with E-state index in [1.54, 1.807) is 24.3 Å². The second-order valence-corrected chi connectivity index (χ2v) is 5.41. The summed E-state index contributed by atoms with van der Waals surface area (Å²) >= 11 is 6.04. The van der Waals surface area contributed by atoms with Gasteiger partial charge in [0.25, 0.3) is 5.91 Å². The maximum atomic E-state index is 12.2. The average Bonchev–Trinajstić information content (AvgIpc) is 2.62. The first kappa shape index (κ1) is 19.0. The number of nitrogens with one attached hydrogen (secondary N) is 2. The van der Waals surface area contributed by atoms with Crippen molar-refractivity contribution in [2.75, 3.05) is 24.9 Å². The number of methoxy groups -OCH3 is 2. The molecule has 3 N–H and O–H groups in total. The largest absolute Gasteiger partial charge is 0.508 e. The van der Waals surface area contributed by atoms with Gasteiger partial charge in [0.2, 0.25) is 0 Å². The summed E-state index contributed by atoms with van der Waals surface area (Å²) in [7, 11) is 2.93. The van der Waals surface area contributed by atoms with E-state index in [1.807, 2.05) is 6.07 Å². The van der Waals surface area contributed by atoms with E-state index < -0.39 is 5.91 Å². The van der Waals surface area contributed by atoms with Gasteiger partial charge in [0, 0.05) is 30.1 Å². The fraction of sp³-hybridized carbons (Fsp3) is 0.111. The third-order valence-electron chi connectivity index (χ3n) is 3.32. The quantitative estimate of drug-likeness (QED) is 0.528. The van der Waals surface area contributed by atoms with Crippen LogP contribution < -0.4 is 20.1 Å². The summed E-state index contributed by atoms with van der Waals surface area (Å²) in [5.41, 5.74) is 0.651. The van der Waals surface area contributed by atoms with Crippen molar-refractivity contribution in [3.05, 3.63) is 53.2 Å². The number of nitriles is 1. The molecule has 0 spiro atoms. The summed E-state index contributed by atoms with van der Waals surface area (Å²) in [5.74, 6) is 0.190. The van der Waals surface area contributed by atoms with Crippen LogP contribution in [0.25, 0.3) is 0 Å². The third-order valence-corrected chi connectivity index (χ3v) is 3.61. The zero-order chi connectivity index (χ0) is 19.1. The zero-order valence-electron chi connectivity index (χ0n) is 14.0. The predicted molar refractivity (Wildman–Crippen MR) is 98.6 cm³/mol. The Bertz CT molecular complexity index is 890. The average molecular weight is 374 g/mol. The highest BCUT2D eigenvalue weighted by Gasteiger charge is 2.12. The van der Waals surface area contributed by atoms with Crippen LogP contribution in [0.3, 0.4) is 0 Å². The molecule has 0 fully saturated rings. The summed E-state index contributed by atoms with van der Waals surface area (Å²) in [5, 5.41) is 24.4. The Morgan fingerprint density at radius 1 is 1.23 bits per heavy atom. The molecular weight excluding hydrogens is 358 g/mol. The summed E-state index contributed by atoms with van der Waals surface area (Å²) in [4.78, 5) is 12.2. The molecule has 26 heavy (non-hydrogen) atoms. The topological polar surface area (TPSA) is 104 Å². The number of carbonyl (C=O) groups excluding carboxylic acids is 1. The molecule has 2 aromatic rings. The van der Waals surface area contributed by atoms with Gasteiger partial charge in [-0.2, -0.15) is 5.26 Å². The van der Waals surface area contributed by atoms with E-state index in [4.69, 9.17) is 21.1 Å². The number of aromatic hydroxyl groups is 1. The molecule has 0 saturated carbocycles. The van der Waals surface area contributed by atoms with Gasteiger partial charge in [0.1, 0.15) is 28.9 Å². The highest BCUT2D eigenvalue weighted by molar-refractivity contribution is 6.32. The SMILES string of the molecule is COc1cc(N/C=C(/C#N)C(=O)Nc2cccc(O)c2)c(OC)cc1Cl. The molecule has 0 aliphatic rings. The van der Waals surface area contributed by atoms with Gasteiger partial charge in [0.15, 0.2) is 0 Å². The van der Waals surface area contributed by atoms with E-state index in [0.717, 1.165) is 0 Å². The Labute approximate surface area is 155 Å². The van der Waals surface area contributed by atoms with Gasteiger partial charge in [-0.25, -0.2) is 0 Å². The molecule has 0 radical (unpaired) electrons. The van der Waals surface area contributed by atoms with Crippen molar-refractivity contribution in [3.63, 3.8) is 0 Å². The number of carbonyl (C=O) groups is 1. The molecule has 0 unspecified atom stereocenters. The monoisotopic (exact) mass is 373 g/mol. The van der Waals surface area contributed by atoms with Crippen LogP contribution in [0, 0.1) is 11.3 Å². The van der Waals surface area contributed by atoms with Crippen LogP contribution in [0.5, 0.6) is 17.2 Å². The number of phenols is 1. The van der Waals surface area contributed by atoms with Crippen molar-refractivity contribution in [2.24, 2.45) is 0 Å². The van der Waals surface area contributed by atoms with E-state index in [9.17, 15) is 15.2 Å². The first-order valence-corrected chi connectivity index (χ1v) is 7.75. The molecule has 0 saturated heterocycles. The van der Waals surface area contributed by atoms with Crippen LogP contribution in [-0.4, -0.2) is 25.2 Å². The van der Waals surface area contributed by atoms with E-state index in [0.29, 0.717) is 27.9 Å². The molecule has 8 heteroatoms. The number of nitrogens with zero attached hydrogens (tertiary/aromatic N) is 1. The van der Waals surface area contributed by atoms with Crippen molar-refractivity contribution < 1.29 is 19.4 Å². The summed E-state index contributed by atoms with van der Waals surface area (Å²) < 4.78 is 10.4. The lowest BCUT2D eigenvalue weighted by Gasteiger charge is -2.12. The molecular formula is C18H16ClN3O4. The lowest BCUT2D eigenvalue weighted by molar-refractivity contribution is -0.112. The Balaban J connectivity index is 2.21. The Morgan fingerprint density at radius 2 is 1.96 bits per heavy atom. The number of anilines is 2. The predicted octanol–water partition coefficient (Wildman–Crippen LogP) is 3.52. The van der Waals surface area contributed by atoms with Crippen molar-refractivity contribution in [1.29, 1.82) is 5.26 Å². The molecule has 2 rings (SSSR count). The van der Waals surface area contributed by atoms with Gasteiger partial charge in [0.05, 0.1) is 24.9 Å². The standard InChI is InChI=1S/C18H16ClN3O4/c1-25-16-8-15(17(26-2)7-14(16)19)21-10-11(9-20)18(24)22-12-4-3-5-13(23)6-12/h3-8,10,21,23H,1-2H3,(H,22,24)/b11-10-. The van der Waals surface area contributed by atoms with Gasteiger partial charge in [-0.3, -0.25) is 4.79 Å². The lowest BCUT2D eigenvalue weighted by Crippen LogP contribution is -2.14. The minimum Gasteiger partial charge on any atom is -0.508 e. The second kappa shape index (κ2) is 8.65. The normalized spacial score (nSPS) is 10.6. The number of hydrogen-bond acceptors (Lipinski definition) is 6. The zero-order valence-corrected chi connectivity index (χ0v) is 14.8. The third kappa shape index (κ3) is 4.59. The summed E-state index contributed by atoms with van der Waals surface area (Å²) in [6.45, 7) is 0. The van der Waals surface area contributed by atoms with E-state index in [2.05, 4.69) is 10.6 Å². The fourth-order valence-corrected chi connectivity index (χ4v) is 2.28. The molecule has 7 nitrogen and oxygen atoms in total. The number of halogens is 1. The van der Waals surface area contributed by atoms with Crippen LogP contribution in [0.15, 0.2) is 48.2 Å². The van der Waals surface area contributed by atoms with E-state index in [-0.39, 0.29) is 11.3 Å². The van der Waals surface area contributed by atoms with Crippen LogP contribution in [-0.2, 0) is 4.79 Å². The van der Waals surface area contributed by atoms with Crippen LogP contribution in [0.4, 0.5) is 11.4 Å². The molecule has 0 heterocycles. The van der Waals surface area contributed by atoms with Crippen LogP contribution >= 0.6 is 11.6 Å².